The van der Waals surface area contributed by atoms with Gasteiger partial charge in [0.1, 0.15) is 11.9 Å². The zero-order valence-corrected chi connectivity index (χ0v) is 16.3. The Kier molecular flexibility index (Phi) is 4.24. The Morgan fingerprint density at radius 3 is 2.48 bits per heavy atom. The SMILES string of the molecule is Cn1cc(-c2cc(-c3ccc(N4CCCCC4)nc3)c3c(C#N)cnn3c2)cn1. The van der Waals surface area contributed by atoms with E-state index in [4.69, 9.17) is 4.98 Å². The first-order chi connectivity index (χ1) is 14.2. The predicted octanol–water partition coefficient (Wildman–Crippen LogP) is 3.66. The number of hydrogen-bond acceptors (Lipinski definition) is 5. The highest BCUT2D eigenvalue weighted by Gasteiger charge is 2.16. The number of aromatic nitrogens is 5. The molecule has 1 aliphatic rings. The minimum absolute atomic E-state index is 0.554. The van der Waals surface area contributed by atoms with Crippen LogP contribution in [-0.2, 0) is 7.05 Å². The fraction of sp³-hybridized carbons (Fsp3) is 0.273. The molecule has 4 aromatic rings. The van der Waals surface area contributed by atoms with Crippen LogP contribution in [0.4, 0.5) is 5.82 Å². The molecule has 1 saturated heterocycles. The Hall–Kier alpha value is -3.66. The fourth-order valence-corrected chi connectivity index (χ4v) is 4.01. The van der Waals surface area contributed by atoms with Crippen LogP contribution in [0.15, 0.2) is 49.2 Å². The molecule has 0 amide bonds. The molecular formula is C22H21N7. The second kappa shape index (κ2) is 7.06. The molecule has 0 spiro atoms. The Morgan fingerprint density at radius 2 is 1.79 bits per heavy atom. The maximum Gasteiger partial charge on any atom is 0.128 e. The van der Waals surface area contributed by atoms with Crippen molar-refractivity contribution in [3.63, 3.8) is 0 Å². The summed E-state index contributed by atoms with van der Waals surface area (Å²) >= 11 is 0. The van der Waals surface area contributed by atoms with Crippen LogP contribution in [0.5, 0.6) is 0 Å². The summed E-state index contributed by atoms with van der Waals surface area (Å²) in [5, 5.41) is 18.2. The molecule has 1 fully saturated rings. The summed E-state index contributed by atoms with van der Waals surface area (Å²) in [6.07, 6.45) is 13.0. The summed E-state index contributed by atoms with van der Waals surface area (Å²) in [5.41, 5.74) is 5.26. The summed E-state index contributed by atoms with van der Waals surface area (Å²) in [5.74, 6) is 1.02. The number of rotatable bonds is 3. The van der Waals surface area contributed by atoms with Crippen molar-refractivity contribution in [3.05, 3.63) is 54.7 Å². The third-order valence-corrected chi connectivity index (χ3v) is 5.51. The second-order valence-corrected chi connectivity index (χ2v) is 7.46. The van der Waals surface area contributed by atoms with Gasteiger partial charge in [-0.1, -0.05) is 0 Å². The number of nitriles is 1. The minimum Gasteiger partial charge on any atom is -0.357 e. The number of anilines is 1. The highest BCUT2D eigenvalue weighted by atomic mass is 15.2. The molecule has 29 heavy (non-hydrogen) atoms. The lowest BCUT2D eigenvalue weighted by atomic mass is 10.0. The van der Waals surface area contributed by atoms with E-state index in [-0.39, 0.29) is 0 Å². The first kappa shape index (κ1) is 17.4. The fourth-order valence-electron chi connectivity index (χ4n) is 4.01. The molecule has 5 rings (SSSR count). The Balaban J connectivity index is 1.62. The number of nitrogens with zero attached hydrogens (tertiary/aromatic N) is 7. The van der Waals surface area contributed by atoms with Gasteiger partial charge >= 0.3 is 0 Å². The average molecular weight is 383 g/mol. The maximum atomic E-state index is 9.56. The van der Waals surface area contributed by atoms with Crippen molar-refractivity contribution in [1.29, 1.82) is 5.26 Å². The lowest BCUT2D eigenvalue weighted by molar-refractivity contribution is 0.573. The van der Waals surface area contributed by atoms with Crippen LogP contribution in [0.3, 0.4) is 0 Å². The minimum atomic E-state index is 0.554. The van der Waals surface area contributed by atoms with Gasteiger partial charge in [-0.2, -0.15) is 15.5 Å². The molecule has 0 radical (unpaired) electrons. The summed E-state index contributed by atoms with van der Waals surface area (Å²) < 4.78 is 3.55. The third-order valence-electron chi connectivity index (χ3n) is 5.51. The third kappa shape index (κ3) is 3.13. The Morgan fingerprint density at radius 1 is 0.931 bits per heavy atom. The van der Waals surface area contributed by atoms with Crippen LogP contribution in [0.1, 0.15) is 24.8 Å². The van der Waals surface area contributed by atoms with Crippen molar-refractivity contribution in [1.82, 2.24) is 24.4 Å². The van der Waals surface area contributed by atoms with Gasteiger partial charge in [0.05, 0.1) is 23.5 Å². The van der Waals surface area contributed by atoms with E-state index >= 15 is 0 Å². The van der Waals surface area contributed by atoms with E-state index in [1.165, 1.54) is 19.3 Å². The lowest BCUT2D eigenvalue weighted by Crippen LogP contribution is -2.29. The summed E-state index contributed by atoms with van der Waals surface area (Å²) in [4.78, 5) is 7.07. The number of fused-ring (bicyclic) bond motifs is 1. The maximum absolute atomic E-state index is 9.56. The number of pyridine rings is 2. The molecule has 0 aromatic carbocycles. The smallest absolute Gasteiger partial charge is 0.128 e. The van der Waals surface area contributed by atoms with Crippen molar-refractivity contribution in [3.8, 4) is 28.3 Å². The summed E-state index contributed by atoms with van der Waals surface area (Å²) in [7, 11) is 1.90. The molecule has 7 heteroatoms. The van der Waals surface area contributed by atoms with Gasteiger partial charge in [-0.05, 0) is 37.5 Å². The number of piperidine rings is 1. The van der Waals surface area contributed by atoms with E-state index in [1.54, 1.807) is 15.4 Å². The molecule has 144 valence electrons. The molecule has 0 aliphatic carbocycles. The Bertz CT molecular complexity index is 1200. The van der Waals surface area contributed by atoms with Crippen molar-refractivity contribution in [2.75, 3.05) is 18.0 Å². The molecule has 0 N–H and O–H groups in total. The Labute approximate surface area is 168 Å². The van der Waals surface area contributed by atoms with Gasteiger partial charge in [0, 0.05) is 61.0 Å². The zero-order chi connectivity index (χ0) is 19.8. The highest BCUT2D eigenvalue weighted by molar-refractivity contribution is 5.87. The van der Waals surface area contributed by atoms with Crippen molar-refractivity contribution in [2.45, 2.75) is 19.3 Å². The molecule has 0 atom stereocenters. The molecule has 1 aliphatic heterocycles. The van der Waals surface area contributed by atoms with Gasteiger partial charge < -0.3 is 4.90 Å². The summed E-state index contributed by atoms with van der Waals surface area (Å²) in [6, 6.07) is 8.52. The van der Waals surface area contributed by atoms with Crippen molar-refractivity contribution >= 4 is 11.3 Å². The molecule has 0 saturated carbocycles. The van der Waals surface area contributed by atoms with Gasteiger partial charge in [-0.3, -0.25) is 4.68 Å². The van der Waals surface area contributed by atoms with Gasteiger partial charge in [0.25, 0.3) is 0 Å². The van der Waals surface area contributed by atoms with Crippen LogP contribution in [0.25, 0.3) is 27.8 Å². The van der Waals surface area contributed by atoms with Crippen molar-refractivity contribution in [2.24, 2.45) is 7.05 Å². The van der Waals surface area contributed by atoms with E-state index in [0.29, 0.717) is 5.56 Å². The first-order valence-electron chi connectivity index (χ1n) is 9.85. The van der Waals surface area contributed by atoms with Crippen LogP contribution in [0, 0.1) is 11.3 Å². The number of hydrogen-bond donors (Lipinski definition) is 0. The number of aryl methyl sites for hydroxylation is 1. The van der Waals surface area contributed by atoms with E-state index in [2.05, 4.69) is 39.4 Å². The monoisotopic (exact) mass is 383 g/mol. The summed E-state index contributed by atoms with van der Waals surface area (Å²) in [6.45, 7) is 2.13. The highest BCUT2D eigenvalue weighted by Crippen LogP contribution is 2.32. The van der Waals surface area contributed by atoms with Crippen LogP contribution in [-0.4, -0.2) is 37.5 Å². The topological polar surface area (TPSA) is 75.0 Å². The quantitative estimate of drug-likeness (QED) is 0.540. The predicted molar refractivity (Wildman–Crippen MR) is 111 cm³/mol. The second-order valence-electron chi connectivity index (χ2n) is 7.46. The van der Waals surface area contributed by atoms with Crippen LogP contribution >= 0.6 is 0 Å². The standard InChI is InChI=1S/C22H21N7/c1-27-14-19(13-25-27)17-9-20(22-18(10-23)12-26-29(22)15-17)16-5-6-21(24-11-16)28-7-3-2-4-8-28/h5-6,9,11-15H,2-4,7-8H2,1H3. The van der Waals surface area contributed by atoms with E-state index in [9.17, 15) is 5.26 Å². The van der Waals surface area contributed by atoms with E-state index < -0.39 is 0 Å². The van der Waals surface area contributed by atoms with E-state index in [0.717, 1.165) is 46.7 Å². The van der Waals surface area contributed by atoms with Crippen LogP contribution in [0.2, 0.25) is 0 Å². The van der Waals surface area contributed by atoms with Crippen molar-refractivity contribution < 1.29 is 0 Å². The molecule has 7 nitrogen and oxygen atoms in total. The van der Waals surface area contributed by atoms with E-state index in [1.807, 2.05) is 31.8 Å². The molecular weight excluding hydrogens is 362 g/mol. The van der Waals surface area contributed by atoms with Gasteiger partial charge in [0.2, 0.25) is 0 Å². The lowest BCUT2D eigenvalue weighted by Gasteiger charge is -2.27. The molecule has 0 bridgehead atoms. The largest absolute Gasteiger partial charge is 0.357 e. The zero-order valence-electron chi connectivity index (χ0n) is 16.3. The van der Waals surface area contributed by atoms with Gasteiger partial charge in [0.15, 0.2) is 0 Å². The van der Waals surface area contributed by atoms with Crippen LogP contribution < -0.4 is 4.90 Å². The molecule has 4 aromatic heterocycles. The van der Waals surface area contributed by atoms with Gasteiger partial charge in [-0.25, -0.2) is 9.50 Å². The average Bonchev–Trinajstić information content (AvgIpc) is 3.40. The first-order valence-corrected chi connectivity index (χ1v) is 9.85. The molecule has 0 unspecified atom stereocenters. The normalized spacial score (nSPS) is 14.3. The molecule has 5 heterocycles. The van der Waals surface area contributed by atoms with Gasteiger partial charge in [-0.15, -0.1) is 0 Å².